The Balaban J connectivity index is 2.52. The van der Waals surface area contributed by atoms with Gasteiger partial charge in [0.15, 0.2) is 0 Å². The van der Waals surface area contributed by atoms with Crippen LogP contribution in [0, 0.1) is 0 Å². The first kappa shape index (κ1) is 11.6. The molecular weight excluding hydrogens is 188 g/mol. The fourth-order valence-electron chi connectivity index (χ4n) is 1.51. The van der Waals surface area contributed by atoms with Gasteiger partial charge in [0.1, 0.15) is 24.1 Å². The zero-order chi connectivity index (χ0) is 10.7. The number of carbonyl (C=O) groups excluding carboxylic acids is 1. The maximum absolute atomic E-state index is 11.1. The monoisotopic (exact) mass is 204 g/mol. The van der Waals surface area contributed by atoms with Gasteiger partial charge < -0.3 is 20.1 Å². The molecule has 82 valence electrons. The van der Waals surface area contributed by atoms with Crippen LogP contribution in [0.25, 0.3) is 0 Å². The summed E-state index contributed by atoms with van der Waals surface area (Å²) < 4.78 is 5.14. The summed E-state index contributed by atoms with van der Waals surface area (Å²) in [6.45, 7) is 1.37. The first-order valence-corrected chi connectivity index (χ1v) is 4.74. The van der Waals surface area contributed by atoms with Gasteiger partial charge in [-0.3, -0.25) is 4.79 Å². The van der Waals surface area contributed by atoms with E-state index in [1.807, 2.05) is 0 Å². The van der Waals surface area contributed by atoms with Gasteiger partial charge in [0, 0.05) is 12.8 Å². The molecule has 5 nitrogen and oxygen atoms in total. The second-order valence-electron chi connectivity index (χ2n) is 3.47. The Hall–Kier alpha value is -0.490. The van der Waals surface area contributed by atoms with Crippen LogP contribution >= 0.6 is 0 Å². The zero-order valence-electron chi connectivity index (χ0n) is 8.09. The highest BCUT2D eigenvalue weighted by Gasteiger charge is 2.42. The summed E-state index contributed by atoms with van der Waals surface area (Å²) in [5.74, 6) is -0.0279. The van der Waals surface area contributed by atoms with Crippen LogP contribution in [0.3, 0.4) is 0 Å². The smallest absolute Gasteiger partial charge is 0.135 e. The Bertz CT molecular complexity index is 205. The minimum Gasteiger partial charge on any atom is -0.394 e. The average Bonchev–Trinajstić information content (AvgIpc) is 2.45. The number of aliphatic hydroxyl groups is 3. The molecule has 5 heteroatoms. The van der Waals surface area contributed by atoms with Gasteiger partial charge >= 0.3 is 0 Å². The Morgan fingerprint density at radius 3 is 2.29 bits per heavy atom. The minimum absolute atomic E-state index is 0.0279. The van der Waals surface area contributed by atoms with Crippen LogP contribution in [0.15, 0.2) is 0 Å². The fourth-order valence-corrected chi connectivity index (χ4v) is 1.51. The molecule has 1 heterocycles. The van der Waals surface area contributed by atoms with Crippen molar-refractivity contribution in [1.29, 1.82) is 0 Å². The number of rotatable bonds is 4. The van der Waals surface area contributed by atoms with Crippen molar-refractivity contribution in [2.75, 3.05) is 6.61 Å². The summed E-state index contributed by atoms with van der Waals surface area (Å²) >= 11 is 0. The lowest BCUT2D eigenvalue weighted by atomic mass is 10.0. The third-order valence-electron chi connectivity index (χ3n) is 2.46. The number of hydrogen-bond donors (Lipinski definition) is 3. The van der Waals surface area contributed by atoms with Crippen LogP contribution in [-0.2, 0) is 9.53 Å². The molecule has 0 amide bonds. The molecule has 0 aromatic rings. The largest absolute Gasteiger partial charge is 0.394 e. The fraction of sp³-hybridized carbons (Fsp3) is 0.889. The van der Waals surface area contributed by atoms with E-state index in [0.717, 1.165) is 0 Å². The number of Topliss-reactive ketones (excluding diaryl/α,β-unsaturated/α-hetero) is 1. The van der Waals surface area contributed by atoms with Gasteiger partial charge in [-0.05, 0) is 0 Å². The van der Waals surface area contributed by atoms with Crippen molar-refractivity contribution in [1.82, 2.24) is 0 Å². The summed E-state index contributed by atoms with van der Waals surface area (Å²) in [6, 6.07) is 0. The Morgan fingerprint density at radius 2 is 1.86 bits per heavy atom. The van der Waals surface area contributed by atoms with E-state index in [9.17, 15) is 15.0 Å². The molecule has 0 bridgehead atoms. The van der Waals surface area contributed by atoms with Gasteiger partial charge in [0.05, 0.1) is 12.7 Å². The summed E-state index contributed by atoms with van der Waals surface area (Å²) in [4.78, 5) is 11.1. The van der Waals surface area contributed by atoms with E-state index in [1.54, 1.807) is 6.92 Å². The van der Waals surface area contributed by atoms with Gasteiger partial charge in [-0.2, -0.15) is 0 Å². The van der Waals surface area contributed by atoms with Crippen molar-refractivity contribution in [2.45, 2.75) is 44.2 Å². The van der Waals surface area contributed by atoms with Crippen LogP contribution in [-0.4, -0.2) is 52.1 Å². The number of carbonyl (C=O) groups is 1. The minimum atomic E-state index is -1.10. The number of aliphatic hydroxyl groups excluding tert-OH is 3. The molecule has 0 unspecified atom stereocenters. The molecule has 0 radical (unpaired) electrons. The molecule has 0 aromatic heterocycles. The highest BCUT2D eigenvalue weighted by molar-refractivity contribution is 5.78. The van der Waals surface area contributed by atoms with Gasteiger partial charge in [0.2, 0.25) is 0 Å². The van der Waals surface area contributed by atoms with E-state index in [1.165, 1.54) is 0 Å². The lowest BCUT2D eigenvalue weighted by Crippen LogP contribution is -2.34. The molecule has 3 N–H and O–H groups in total. The lowest BCUT2D eigenvalue weighted by Gasteiger charge is -2.12. The highest BCUT2D eigenvalue weighted by Crippen LogP contribution is 2.23. The topological polar surface area (TPSA) is 87.0 Å². The summed E-state index contributed by atoms with van der Waals surface area (Å²) in [5.41, 5.74) is 0. The van der Waals surface area contributed by atoms with Gasteiger partial charge in [-0.1, -0.05) is 6.92 Å². The molecule has 0 saturated carbocycles. The zero-order valence-corrected chi connectivity index (χ0v) is 8.09. The molecular formula is C9H16O5. The Labute approximate surface area is 82.3 Å². The van der Waals surface area contributed by atoms with Crippen molar-refractivity contribution in [3.8, 4) is 0 Å². The van der Waals surface area contributed by atoms with Crippen molar-refractivity contribution < 1.29 is 24.9 Å². The molecule has 1 saturated heterocycles. The summed E-state index contributed by atoms with van der Waals surface area (Å²) in [5, 5.41) is 27.6. The van der Waals surface area contributed by atoms with Crippen molar-refractivity contribution in [3.05, 3.63) is 0 Å². The lowest BCUT2D eigenvalue weighted by molar-refractivity contribution is -0.123. The molecule has 0 spiro atoms. The number of hydrogen-bond acceptors (Lipinski definition) is 5. The maximum atomic E-state index is 11.1. The quantitative estimate of drug-likeness (QED) is 0.537. The van der Waals surface area contributed by atoms with E-state index in [0.29, 0.717) is 6.42 Å². The molecule has 1 aliphatic rings. The van der Waals surface area contributed by atoms with Gasteiger partial charge in [0.25, 0.3) is 0 Å². The molecule has 1 aliphatic heterocycles. The van der Waals surface area contributed by atoms with Crippen molar-refractivity contribution >= 4 is 5.78 Å². The standard InChI is InChI=1S/C9H16O5/c1-2-5(11)3-6-8(12)9(13)7(4-10)14-6/h6-10,12-13H,2-4H2,1H3/t6-,7+,8-,9+/m0/s1. The van der Waals surface area contributed by atoms with Crippen molar-refractivity contribution in [3.63, 3.8) is 0 Å². The van der Waals surface area contributed by atoms with Gasteiger partial charge in [-0.15, -0.1) is 0 Å². The predicted octanol–water partition coefficient (Wildman–Crippen LogP) is -1.16. The number of ketones is 1. The number of ether oxygens (including phenoxy) is 1. The van der Waals surface area contributed by atoms with Crippen LogP contribution < -0.4 is 0 Å². The molecule has 4 atom stereocenters. The third-order valence-corrected chi connectivity index (χ3v) is 2.46. The first-order chi connectivity index (χ1) is 6.60. The van der Waals surface area contributed by atoms with Gasteiger partial charge in [-0.25, -0.2) is 0 Å². The van der Waals surface area contributed by atoms with Crippen LogP contribution in [0.5, 0.6) is 0 Å². The molecule has 14 heavy (non-hydrogen) atoms. The van der Waals surface area contributed by atoms with Crippen molar-refractivity contribution in [2.24, 2.45) is 0 Å². The summed E-state index contributed by atoms with van der Waals surface area (Å²) in [7, 11) is 0. The first-order valence-electron chi connectivity index (χ1n) is 4.74. The normalized spacial score (nSPS) is 37.4. The predicted molar refractivity (Wildman–Crippen MR) is 47.7 cm³/mol. The SMILES string of the molecule is CCC(=O)C[C@@H]1O[C@H](CO)[C@@H](O)[C@H]1O. The maximum Gasteiger partial charge on any atom is 0.135 e. The summed E-state index contributed by atoms with van der Waals surface area (Å²) in [6.07, 6.45) is -3.18. The molecule has 1 rings (SSSR count). The van der Waals surface area contributed by atoms with E-state index in [-0.39, 0.29) is 18.8 Å². The van der Waals surface area contributed by atoms with Crippen LogP contribution in [0.1, 0.15) is 19.8 Å². The third kappa shape index (κ3) is 2.30. The average molecular weight is 204 g/mol. The Kier molecular flexibility index (Phi) is 4.00. The van der Waals surface area contributed by atoms with E-state index in [4.69, 9.17) is 9.84 Å². The molecule has 0 aromatic carbocycles. The molecule has 0 aliphatic carbocycles. The second kappa shape index (κ2) is 4.84. The Morgan fingerprint density at radius 1 is 1.29 bits per heavy atom. The van der Waals surface area contributed by atoms with E-state index in [2.05, 4.69) is 0 Å². The molecule has 1 fully saturated rings. The second-order valence-corrected chi connectivity index (χ2v) is 3.47. The van der Waals surface area contributed by atoms with E-state index < -0.39 is 24.4 Å². The van der Waals surface area contributed by atoms with Crippen LogP contribution in [0.2, 0.25) is 0 Å². The van der Waals surface area contributed by atoms with E-state index >= 15 is 0 Å². The highest BCUT2D eigenvalue weighted by atomic mass is 16.6. The van der Waals surface area contributed by atoms with Crippen LogP contribution in [0.4, 0.5) is 0 Å².